The monoisotopic (exact) mass is 246 g/mol. The van der Waals surface area contributed by atoms with Crippen LogP contribution in [0.2, 0.25) is 0 Å². The minimum atomic E-state index is -0.969. The van der Waals surface area contributed by atoms with E-state index in [-0.39, 0.29) is 24.8 Å². The SMILES string of the molecule is Cl.Cl.OC1(c2ccccn2)C=CN=CC1. The Morgan fingerprint density at radius 1 is 1.27 bits per heavy atom. The Morgan fingerprint density at radius 3 is 2.60 bits per heavy atom. The molecule has 5 heteroatoms. The first-order valence-electron chi connectivity index (χ1n) is 4.14. The highest BCUT2D eigenvalue weighted by Gasteiger charge is 2.27. The lowest BCUT2D eigenvalue weighted by molar-refractivity contribution is 0.0926. The summed E-state index contributed by atoms with van der Waals surface area (Å²) in [4.78, 5) is 8.02. The van der Waals surface area contributed by atoms with Crippen LogP contribution >= 0.6 is 24.8 Å². The summed E-state index contributed by atoms with van der Waals surface area (Å²) < 4.78 is 0. The number of rotatable bonds is 1. The number of halogens is 2. The fraction of sp³-hybridized carbons (Fsp3) is 0.200. The molecule has 1 N–H and O–H groups in total. The third kappa shape index (κ3) is 3.02. The zero-order chi connectivity index (χ0) is 9.15. The van der Waals surface area contributed by atoms with Gasteiger partial charge in [-0.3, -0.25) is 9.98 Å². The fourth-order valence-electron chi connectivity index (χ4n) is 1.30. The molecule has 2 rings (SSSR count). The maximum absolute atomic E-state index is 10.1. The summed E-state index contributed by atoms with van der Waals surface area (Å²) in [6.45, 7) is 0. The Morgan fingerprint density at radius 2 is 2.07 bits per heavy atom. The first-order valence-corrected chi connectivity index (χ1v) is 4.14. The molecule has 0 aliphatic carbocycles. The molecule has 0 aromatic carbocycles. The Labute approximate surface area is 101 Å². The van der Waals surface area contributed by atoms with Crippen LogP contribution in [0, 0.1) is 0 Å². The molecule has 0 fully saturated rings. The van der Waals surface area contributed by atoms with Gasteiger partial charge >= 0.3 is 0 Å². The van der Waals surface area contributed by atoms with Crippen molar-refractivity contribution in [2.75, 3.05) is 0 Å². The van der Waals surface area contributed by atoms with Gasteiger partial charge in [0.25, 0.3) is 0 Å². The van der Waals surface area contributed by atoms with E-state index in [0.29, 0.717) is 12.1 Å². The number of aromatic nitrogens is 1. The Bertz CT molecular complexity index is 354. The summed E-state index contributed by atoms with van der Waals surface area (Å²) in [5, 5.41) is 10.1. The standard InChI is InChI=1S/C10H10N2O.2ClH/c13-10(4-7-11-8-5-10)9-3-1-2-6-12-9;;/h1-4,6-8,13H,5H2;2*1H. The van der Waals surface area contributed by atoms with Crippen LogP contribution in [0.4, 0.5) is 0 Å². The van der Waals surface area contributed by atoms with Crippen molar-refractivity contribution in [2.45, 2.75) is 12.0 Å². The summed E-state index contributed by atoms with van der Waals surface area (Å²) >= 11 is 0. The first-order chi connectivity index (χ1) is 6.31. The molecule has 82 valence electrons. The molecule has 0 radical (unpaired) electrons. The van der Waals surface area contributed by atoms with Gasteiger partial charge in [-0.05, 0) is 18.2 Å². The smallest absolute Gasteiger partial charge is 0.131 e. The molecule has 15 heavy (non-hydrogen) atoms. The van der Waals surface area contributed by atoms with Crippen molar-refractivity contribution >= 4 is 31.0 Å². The highest BCUT2D eigenvalue weighted by Crippen LogP contribution is 2.25. The van der Waals surface area contributed by atoms with Crippen LogP contribution < -0.4 is 0 Å². The molecule has 0 bridgehead atoms. The second-order valence-electron chi connectivity index (χ2n) is 2.99. The van der Waals surface area contributed by atoms with E-state index in [1.54, 1.807) is 24.7 Å². The summed E-state index contributed by atoms with van der Waals surface area (Å²) in [7, 11) is 0. The second kappa shape index (κ2) is 5.85. The number of pyridine rings is 1. The number of hydrogen-bond donors (Lipinski definition) is 1. The van der Waals surface area contributed by atoms with Gasteiger partial charge < -0.3 is 5.11 Å². The van der Waals surface area contributed by atoms with E-state index in [1.165, 1.54) is 0 Å². The van der Waals surface area contributed by atoms with Crippen molar-refractivity contribution in [3.63, 3.8) is 0 Å². The molecule has 0 spiro atoms. The molecule has 1 aromatic rings. The topological polar surface area (TPSA) is 45.5 Å². The summed E-state index contributed by atoms with van der Waals surface area (Å²) in [6, 6.07) is 5.50. The summed E-state index contributed by atoms with van der Waals surface area (Å²) in [5.74, 6) is 0. The van der Waals surface area contributed by atoms with Crippen LogP contribution in [0.5, 0.6) is 0 Å². The quantitative estimate of drug-likeness (QED) is 0.825. The summed E-state index contributed by atoms with van der Waals surface area (Å²) in [6.07, 6.45) is 7.11. The molecule has 0 saturated carbocycles. The highest BCUT2D eigenvalue weighted by molar-refractivity contribution is 5.85. The lowest BCUT2D eigenvalue weighted by atomic mass is 9.94. The molecule has 3 nitrogen and oxygen atoms in total. The zero-order valence-electron chi connectivity index (χ0n) is 7.91. The molecule has 0 saturated heterocycles. The average molecular weight is 247 g/mol. The van der Waals surface area contributed by atoms with E-state index < -0.39 is 5.60 Å². The lowest BCUT2D eigenvalue weighted by Crippen LogP contribution is -2.25. The van der Waals surface area contributed by atoms with Crippen LogP contribution in [0.3, 0.4) is 0 Å². The van der Waals surface area contributed by atoms with Crippen molar-refractivity contribution in [3.8, 4) is 0 Å². The van der Waals surface area contributed by atoms with Gasteiger partial charge in [0, 0.05) is 25.0 Å². The van der Waals surface area contributed by atoms with Crippen molar-refractivity contribution < 1.29 is 5.11 Å². The van der Waals surface area contributed by atoms with Crippen LogP contribution in [-0.2, 0) is 5.60 Å². The molecule has 1 atom stereocenters. The van der Waals surface area contributed by atoms with Gasteiger partial charge in [-0.25, -0.2) is 0 Å². The van der Waals surface area contributed by atoms with E-state index >= 15 is 0 Å². The van der Waals surface area contributed by atoms with E-state index in [0.717, 1.165) is 0 Å². The largest absolute Gasteiger partial charge is 0.379 e. The predicted octanol–water partition coefficient (Wildman–Crippen LogP) is 2.10. The minimum absolute atomic E-state index is 0. The molecule has 1 aromatic heterocycles. The van der Waals surface area contributed by atoms with Crippen LogP contribution in [0.25, 0.3) is 0 Å². The summed E-state index contributed by atoms with van der Waals surface area (Å²) in [5.41, 5.74) is -0.305. The van der Waals surface area contributed by atoms with Gasteiger partial charge in [0.1, 0.15) is 5.60 Å². The normalized spacial score (nSPS) is 22.7. The van der Waals surface area contributed by atoms with Gasteiger partial charge in [-0.15, -0.1) is 24.8 Å². The number of hydrogen-bond acceptors (Lipinski definition) is 3. The lowest BCUT2D eigenvalue weighted by Gasteiger charge is -2.23. The molecule has 1 aliphatic rings. The van der Waals surface area contributed by atoms with Crippen LogP contribution in [0.1, 0.15) is 12.1 Å². The first kappa shape index (κ1) is 14.1. The van der Waals surface area contributed by atoms with E-state index in [4.69, 9.17) is 0 Å². The number of aliphatic imine (C=N–C) groups is 1. The Kier molecular flexibility index (Phi) is 5.50. The fourth-order valence-corrected chi connectivity index (χ4v) is 1.30. The Hall–Kier alpha value is -0.900. The van der Waals surface area contributed by atoms with Gasteiger partial charge in [0.15, 0.2) is 0 Å². The van der Waals surface area contributed by atoms with Gasteiger partial charge in [0.05, 0.1) is 5.69 Å². The minimum Gasteiger partial charge on any atom is -0.379 e. The number of aliphatic hydroxyl groups is 1. The van der Waals surface area contributed by atoms with Crippen molar-refractivity contribution in [1.82, 2.24) is 4.98 Å². The van der Waals surface area contributed by atoms with Gasteiger partial charge in [-0.1, -0.05) is 6.07 Å². The van der Waals surface area contributed by atoms with Crippen molar-refractivity contribution in [1.29, 1.82) is 0 Å². The molecule has 2 heterocycles. The van der Waals surface area contributed by atoms with E-state index in [1.807, 2.05) is 18.2 Å². The average Bonchev–Trinajstić information content (AvgIpc) is 2.20. The molecule has 1 unspecified atom stereocenters. The number of nitrogens with zero attached hydrogens (tertiary/aromatic N) is 2. The third-order valence-corrected chi connectivity index (χ3v) is 2.05. The zero-order valence-corrected chi connectivity index (χ0v) is 9.54. The Balaban J connectivity index is 0.000000980. The maximum atomic E-state index is 10.1. The van der Waals surface area contributed by atoms with Crippen LogP contribution in [-0.4, -0.2) is 16.3 Å². The van der Waals surface area contributed by atoms with Gasteiger partial charge in [0.2, 0.25) is 0 Å². The predicted molar refractivity (Wildman–Crippen MR) is 64.9 cm³/mol. The van der Waals surface area contributed by atoms with Gasteiger partial charge in [-0.2, -0.15) is 0 Å². The van der Waals surface area contributed by atoms with E-state index in [9.17, 15) is 5.11 Å². The second-order valence-corrected chi connectivity index (χ2v) is 2.99. The van der Waals surface area contributed by atoms with Crippen LogP contribution in [0.15, 0.2) is 41.7 Å². The third-order valence-electron chi connectivity index (χ3n) is 2.05. The molecular weight excluding hydrogens is 235 g/mol. The van der Waals surface area contributed by atoms with Crippen molar-refractivity contribution in [2.24, 2.45) is 4.99 Å². The van der Waals surface area contributed by atoms with E-state index in [2.05, 4.69) is 9.98 Å². The molecule has 0 amide bonds. The van der Waals surface area contributed by atoms with Crippen molar-refractivity contribution in [3.05, 3.63) is 42.4 Å². The highest BCUT2D eigenvalue weighted by atomic mass is 35.5. The maximum Gasteiger partial charge on any atom is 0.131 e. The molecular formula is C10H12Cl2N2O. The molecule has 1 aliphatic heterocycles.